The lowest BCUT2D eigenvalue weighted by molar-refractivity contribution is -0.0504. The van der Waals surface area contributed by atoms with E-state index in [9.17, 15) is 8.78 Å². The van der Waals surface area contributed by atoms with E-state index in [4.69, 9.17) is 0 Å². The van der Waals surface area contributed by atoms with Crippen LogP contribution in [0.5, 0.6) is 5.75 Å². The van der Waals surface area contributed by atoms with Gasteiger partial charge in [-0.25, -0.2) is 0 Å². The molecule has 1 heterocycles. The summed E-state index contributed by atoms with van der Waals surface area (Å²) in [4.78, 5) is 7.46. The average Bonchev–Trinajstić information content (AvgIpc) is 3.11. The highest BCUT2D eigenvalue weighted by Gasteiger charge is 2.09. The summed E-state index contributed by atoms with van der Waals surface area (Å²) in [5.74, 6) is 0.783. The molecule has 0 bridgehead atoms. The van der Waals surface area contributed by atoms with Crippen molar-refractivity contribution in [2.24, 2.45) is 4.99 Å². The van der Waals surface area contributed by atoms with Crippen LogP contribution in [0.25, 0.3) is 10.9 Å². The van der Waals surface area contributed by atoms with E-state index in [-0.39, 0.29) is 5.75 Å². The molecule has 0 aliphatic heterocycles. The fraction of sp³-hybridized carbons (Fsp3) is 0.286. The highest BCUT2D eigenvalue weighted by Crippen LogP contribution is 2.20. The number of H-pyrrole nitrogens is 1. The van der Waals surface area contributed by atoms with Crippen molar-refractivity contribution in [2.45, 2.75) is 26.0 Å². The lowest BCUT2D eigenvalue weighted by Crippen LogP contribution is -2.37. The molecule has 0 spiro atoms. The van der Waals surface area contributed by atoms with Gasteiger partial charge in [-0.05, 0) is 30.5 Å². The minimum Gasteiger partial charge on any atom is -0.434 e. The highest BCUT2D eigenvalue weighted by molar-refractivity contribution is 5.83. The summed E-state index contributed by atoms with van der Waals surface area (Å²) in [6.45, 7) is -1.76. The second-order valence-electron chi connectivity index (χ2n) is 6.30. The van der Waals surface area contributed by atoms with Crippen LogP contribution >= 0.6 is 0 Å². The van der Waals surface area contributed by atoms with Crippen LogP contribution in [-0.4, -0.2) is 31.1 Å². The van der Waals surface area contributed by atoms with Crippen molar-refractivity contribution in [1.82, 2.24) is 15.6 Å². The van der Waals surface area contributed by atoms with Gasteiger partial charge in [0.1, 0.15) is 5.75 Å². The first-order valence-corrected chi connectivity index (χ1v) is 9.19. The van der Waals surface area contributed by atoms with Gasteiger partial charge in [-0.15, -0.1) is 0 Å². The van der Waals surface area contributed by atoms with Gasteiger partial charge in [-0.2, -0.15) is 8.78 Å². The molecule has 0 radical (unpaired) electrons. The van der Waals surface area contributed by atoms with Gasteiger partial charge in [0, 0.05) is 42.8 Å². The molecular formula is C21H24F2N4O. The number of halogens is 2. The molecule has 0 amide bonds. The molecule has 0 saturated carbocycles. The second-order valence-corrected chi connectivity index (χ2v) is 6.30. The number of alkyl halides is 2. The number of guanidine groups is 1. The minimum absolute atomic E-state index is 0.166. The van der Waals surface area contributed by atoms with Gasteiger partial charge in [0.05, 0.1) is 0 Å². The van der Waals surface area contributed by atoms with Crippen LogP contribution in [0.3, 0.4) is 0 Å². The van der Waals surface area contributed by atoms with Gasteiger partial charge in [-0.3, -0.25) is 4.99 Å². The number of aliphatic imine (C=N–C) groups is 1. The van der Waals surface area contributed by atoms with E-state index in [0.29, 0.717) is 18.1 Å². The van der Waals surface area contributed by atoms with Crippen molar-refractivity contribution in [3.63, 3.8) is 0 Å². The summed E-state index contributed by atoms with van der Waals surface area (Å²) in [5.41, 5.74) is 3.08. The predicted molar refractivity (Wildman–Crippen MR) is 108 cm³/mol. The number of hydrogen-bond donors (Lipinski definition) is 3. The Labute approximate surface area is 162 Å². The number of ether oxygens (including phenoxy) is 1. The zero-order valence-electron chi connectivity index (χ0n) is 15.7. The number of hydrogen-bond acceptors (Lipinski definition) is 2. The quantitative estimate of drug-likeness (QED) is 0.311. The molecule has 0 atom stereocenters. The van der Waals surface area contributed by atoms with E-state index in [1.54, 1.807) is 25.2 Å². The number of aromatic nitrogens is 1. The van der Waals surface area contributed by atoms with Crippen LogP contribution in [0.4, 0.5) is 8.78 Å². The van der Waals surface area contributed by atoms with Crippen LogP contribution in [0, 0.1) is 0 Å². The normalized spacial score (nSPS) is 11.8. The van der Waals surface area contributed by atoms with Gasteiger partial charge in [0.15, 0.2) is 5.96 Å². The van der Waals surface area contributed by atoms with Crippen molar-refractivity contribution < 1.29 is 13.5 Å². The largest absolute Gasteiger partial charge is 0.434 e. The highest BCUT2D eigenvalue weighted by atomic mass is 19.3. The fourth-order valence-electron chi connectivity index (χ4n) is 3.08. The summed E-state index contributed by atoms with van der Waals surface area (Å²) in [5, 5.41) is 7.63. The number of rotatable bonds is 8. The van der Waals surface area contributed by atoms with Crippen LogP contribution < -0.4 is 15.4 Å². The topological polar surface area (TPSA) is 61.4 Å². The zero-order valence-corrected chi connectivity index (χ0v) is 15.7. The van der Waals surface area contributed by atoms with E-state index in [1.807, 2.05) is 12.1 Å². The maximum absolute atomic E-state index is 12.5. The zero-order chi connectivity index (χ0) is 19.8. The molecule has 2 aromatic carbocycles. The van der Waals surface area contributed by atoms with Crippen molar-refractivity contribution in [2.75, 3.05) is 13.6 Å². The molecule has 3 rings (SSSR count). The van der Waals surface area contributed by atoms with Crippen molar-refractivity contribution >= 4 is 16.9 Å². The molecule has 7 heteroatoms. The number of benzene rings is 2. The molecule has 1 aromatic heterocycles. The molecule has 5 nitrogen and oxygen atoms in total. The van der Waals surface area contributed by atoms with Gasteiger partial charge in [0.25, 0.3) is 0 Å². The standard InChI is InChI=1S/C21H24F2N4O/c1-24-21(27-14-16-7-2-5-11-19(16)28-20(22)23)25-12-6-8-15-13-26-18-10-4-3-9-17(15)18/h2-5,7,9-11,13,20,26H,6,8,12,14H2,1H3,(H2,24,25,27). The minimum atomic E-state index is -2.84. The number of aromatic amines is 1. The molecule has 0 fully saturated rings. The Kier molecular flexibility index (Phi) is 6.84. The number of fused-ring (bicyclic) bond motifs is 1. The lowest BCUT2D eigenvalue weighted by atomic mass is 10.1. The van der Waals surface area contributed by atoms with Crippen molar-refractivity contribution in [1.29, 1.82) is 0 Å². The molecule has 3 aromatic rings. The summed E-state index contributed by atoms with van der Waals surface area (Å²) in [6, 6.07) is 15.0. The van der Waals surface area contributed by atoms with E-state index in [1.165, 1.54) is 17.0 Å². The first kappa shape index (κ1) is 19.7. The van der Waals surface area contributed by atoms with Gasteiger partial charge < -0.3 is 20.4 Å². The molecule has 28 heavy (non-hydrogen) atoms. The molecule has 0 unspecified atom stereocenters. The molecule has 148 valence electrons. The summed E-state index contributed by atoms with van der Waals surface area (Å²) >= 11 is 0. The molecule has 0 aliphatic carbocycles. The SMILES string of the molecule is CN=C(NCCCc1c[nH]c2ccccc12)NCc1ccccc1OC(F)F. The molecule has 0 aliphatic rings. The molecule has 0 saturated heterocycles. The van der Waals surface area contributed by atoms with E-state index in [0.717, 1.165) is 24.9 Å². The Balaban J connectivity index is 1.46. The van der Waals surface area contributed by atoms with Crippen LogP contribution in [0.2, 0.25) is 0 Å². The Hall–Kier alpha value is -3.09. The predicted octanol–water partition coefficient (Wildman–Crippen LogP) is 4.07. The van der Waals surface area contributed by atoms with Crippen LogP contribution in [-0.2, 0) is 13.0 Å². The second kappa shape index (κ2) is 9.73. The van der Waals surface area contributed by atoms with Gasteiger partial charge in [-0.1, -0.05) is 36.4 Å². The number of aryl methyl sites for hydroxylation is 1. The van der Waals surface area contributed by atoms with Crippen molar-refractivity contribution in [3.05, 3.63) is 65.9 Å². The fourth-order valence-corrected chi connectivity index (χ4v) is 3.08. The van der Waals surface area contributed by atoms with E-state index in [2.05, 4.69) is 43.7 Å². The molecular weight excluding hydrogens is 362 g/mol. The Morgan fingerprint density at radius 3 is 2.68 bits per heavy atom. The lowest BCUT2D eigenvalue weighted by Gasteiger charge is -2.14. The summed E-state index contributed by atoms with van der Waals surface area (Å²) < 4.78 is 29.6. The van der Waals surface area contributed by atoms with E-state index >= 15 is 0 Å². The number of nitrogens with one attached hydrogen (secondary N) is 3. The van der Waals surface area contributed by atoms with Crippen molar-refractivity contribution in [3.8, 4) is 5.75 Å². The third kappa shape index (κ3) is 5.22. The van der Waals surface area contributed by atoms with Gasteiger partial charge >= 0.3 is 6.61 Å². The Morgan fingerprint density at radius 1 is 1.07 bits per heavy atom. The van der Waals surface area contributed by atoms with E-state index < -0.39 is 6.61 Å². The molecule has 3 N–H and O–H groups in total. The Morgan fingerprint density at radius 2 is 1.86 bits per heavy atom. The van der Waals surface area contributed by atoms with Crippen LogP contribution in [0.15, 0.2) is 59.7 Å². The third-order valence-corrected chi connectivity index (χ3v) is 4.45. The summed E-state index contributed by atoms with van der Waals surface area (Å²) in [6.07, 6.45) is 3.93. The maximum atomic E-state index is 12.5. The van der Waals surface area contributed by atoms with Gasteiger partial charge in [0.2, 0.25) is 0 Å². The first-order valence-electron chi connectivity index (χ1n) is 9.19. The summed E-state index contributed by atoms with van der Waals surface area (Å²) in [7, 11) is 1.68. The average molecular weight is 386 g/mol. The van der Waals surface area contributed by atoms with Crippen LogP contribution in [0.1, 0.15) is 17.5 Å². The maximum Gasteiger partial charge on any atom is 0.387 e. The number of nitrogens with zero attached hydrogens (tertiary/aromatic N) is 1. The monoisotopic (exact) mass is 386 g/mol. The third-order valence-electron chi connectivity index (χ3n) is 4.45. The Bertz CT molecular complexity index is 923. The number of para-hydroxylation sites is 2. The first-order chi connectivity index (χ1) is 13.7. The smallest absolute Gasteiger partial charge is 0.387 e.